The number of sulfonamides is 1. The Morgan fingerprint density at radius 1 is 1.18 bits per heavy atom. The van der Waals surface area contributed by atoms with Gasteiger partial charge in [0, 0.05) is 17.8 Å². The summed E-state index contributed by atoms with van der Waals surface area (Å²) in [6.07, 6.45) is -4.85. The van der Waals surface area contributed by atoms with Gasteiger partial charge in [-0.15, -0.1) is 11.3 Å². The summed E-state index contributed by atoms with van der Waals surface area (Å²) in [4.78, 5) is 19.4. The Kier molecular flexibility index (Phi) is 7.28. The molecule has 0 atom stereocenters. The summed E-state index contributed by atoms with van der Waals surface area (Å²) >= 11 is 6.38. The molecule has 0 unspecified atom stereocenters. The van der Waals surface area contributed by atoms with Crippen LogP contribution in [0.5, 0.6) is 0 Å². The molecule has 204 valence electrons. The average molecular weight is 598 g/mol. The number of nitrogens with zero attached hydrogens (tertiary/aromatic N) is 4. The Labute approximate surface area is 230 Å². The third-order valence-corrected chi connectivity index (χ3v) is 9.39. The highest BCUT2D eigenvalue weighted by Gasteiger charge is 2.50. The first-order chi connectivity index (χ1) is 18.1. The van der Waals surface area contributed by atoms with Gasteiger partial charge in [-0.25, -0.2) is 22.5 Å². The number of hydrogen-bond acceptors (Lipinski definition) is 7. The Morgan fingerprint density at radius 3 is 2.41 bits per heavy atom. The number of nitrogens with one attached hydrogen (secondary N) is 1. The number of anilines is 2. The van der Waals surface area contributed by atoms with E-state index in [0.29, 0.717) is 11.8 Å². The SMILES string of the molecule is Cc1ncsc1S(=O)(=O)NCc1ccc(N2C(=S)N(c3ccc(C#N)c(C(F)(F)F)c3)C(=O)C2(C)C)cc1F. The number of rotatable bonds is 6. The van der Waals surface area contributed by atoms with Crippen LogP contribution in [0.2, 0.25) is 0 Å². The van der Waals surface area contributed by atoms with E-state index in [1.807, 2.05) is 0 Å². The number of thiazole rings is 1. The number of hydrogen-bond donors (Lipinski definition) is 1. The van der Waals surface area contributed by atoms with Crippen molar-refractivity contribution in [3.8, 4) is 6.07 Å². The maximum absolute atomic E-state index is 15.1. The number of nitriles is 1. The van der Waals surface area contributed by atoms with Gasteiger partial charge in [0.25, 0.3) is 15.9 Å². The molecule has 1 aliphatic heterocycles. The lowest BCUT2D eigenvalue weighted by molar-refractivity contribution is -0.137. The van der Waals surface area contributed by atoms with Crippen LogP contribution in [0.25, 0.3) is 0 Å². The molecular weight excluding hydrogens is 578 g/mol. The lowest BCUT2D eigenvalue weighted by atomic mass is 10.0. The number of carbonyl (C=O) groups excluding carboxylic acids is 1. The molecule has 1 aromatic heterocycles. The van der Waals surface area contributed by atoms with Crippen molar-refractivity contribution in [1.82, 2.24) is 9.71 Å². The van der Waals surface area contributed by atoms with E-state index in [0.717, 1.165) is 28.4 Å². The van der Waals surface area contributed by atoms with E-state index in [9.17, 15) is 26.4 Å². The number of carbonyl (C=O) groups is 1. The summed E-state index contributed by atoms with van der Waals surface area (Å²) in [6, 6.07) is 8.09. The lowest BCUT2D eigenvalue weighted by Gasteiger charge is -2.29. The number of thiocarbonyl (C=S) groups is 1. The number of aromatic nitrogens is 1. The topological polar surface area (TPSA) is 106 Å². The van der Waals surface area contributed by atoms with E-state index < -0.39 is 44.6 Å². The van der Waals surface area contributed by atoms with E-state index in [2.05, 4.69) is 9.71 Å². The molecule has 1 amide bonds. The zero-order valence-corrected chi connectivity index (χ0v) is 22.9. The first-order valence-electron chi connectivity index (χ1n) is 11.1. The Morgan fingerprint density at radius 2 is 1.85 bits per heavy atom. The van der Waals surface area contributed by atoms with E-state index in [-0.39, 0.29) is 32.8 Å². The molecule has 1 aliphatic rings. The maximum Gasteiger partial charge on any atom is 0.417 e. The fourth-order valence-corrected chi connectivity index (χ4v) is 6.85. The van der Waals surface area contributed by atoms with Crippen molar-refractivity contribution in [2.75, 3.05) is 9.80 Å². The molecule has 1 fully saturated rings. The molecule has 3 aromatic rings. The standard InChI is InChI=1S/C24H19F4N5O3S3/c1-13-20(38-12-30-13)39(35,36)31-11-15-5-7-17(9-19(15)25)33-22(37)32(21(34)23(33,2)3)16-6-4-14(10-29)18(8-16)24(26,27)28/h4-9,12,31H,11H2,1-3H3. The Bertz CT molecular complexity index is 1650. The van der Waals surface area contributed by atoms with Crippen molar-refractivity contribution >= 4 is 56.0 Å². The molecule has 1 saturated heterocycles. The molecule has 0 bridgehead atoms. The van der Waals surface area contributed by atoms with Crippen molar-refractivity contribution in [3.05, 3.63) is 70.1 Å². The van der Waals surface area contributed by atoms with E-state index in [4.69, 9.17) is 17.5 Å². The molecular formula is C24H19F4N5O3S3. The van der Waals surface area contributed by atoms with Crippen LogP contribution in [0, 0.1) is 24.1 Å². The minimum absolute atomic E-state index is 0.0116. The van der Waals surface area contributed by atoms with Gasteiger partial charge in [-0.1, -0.05) is 6.07 Å². The van der Waals surface area contributed by atoms with Crippen LogP contribution in [-0.4, -0.2) is 30.0 Å². The van der Waals surface area contributed by atoms with Crippen LogP contribution >= 0.6 is 23.6 Å². The van der Waals surface area contributed by atoms with Crippen molar-refractivity contribution in [2.45, 2.75) is 43.2 Å². The molecule has 2 heterocycles. The van der Waals surface area contributed by atoms with E-state index in [1.165, 1.54) is 55.4 Å². The molecule has 1 N–H and O–H groups in total. The first-order valence-corrected chi connectivity index (χ1v) is 13.8. The highest BCUT2D eigenvalue weighted by atomic mass is 32.2. The normalized spacial score (nSPS) is 15.6. The van der Waals surface area contributed by atoms with Crippen LogP contribution < -0.4 is 14.5 Å². The van der Waals surface area contributed by atoms with Crippen molar-refractivity contribution in [3.63, 3.8) is 0 Å². The minimum atomic E-state index is -4.85. The monoisotopic (exact) mass is 597 g/mol. The van der Waals surface area contributed by atoms with E-state index in [1.54, 1.807) is 0 Å². The lowest BCUT2D eigenvalue weighted by Crippen LogP contribution is -2.44. The van der Waals surface area contributed by atoms with Gasteiger partial charge in [0.1, 0.15) is 11.4 Å². The van der Waals surface area contributed by atoms with Gasteiger partial charge in [0.15, 0.2) is 9.32 Å². The highest BCUT2D eigenvalue weighted by molar-refractivity contribution is 7.91. The van der Waals surface area contributed by atoms with Crippen LogP contribution in [0.3, 0.4) is 0 Å². The maximum atomic E-state index is 15.1. The first kappa shape index (κ1) is 28.6. The van der Waals surface area contributed by atoms with Gasteiger partial charge in [0.05, 0.1) is 34.1 Å². The number of amides is 1. The average Bonchev–Trinajstić information content (AvgIpc) is 3.36. The molecule has 8 nitrogen and oxygen atoms in total. The zero-order valence-electron chi connectivity index (χ0n) is 20.5. The third kappa shape index (κ3) is 5.12. The number of aryl methyl sites for hydroxylation is 1. The van der Waals surface area contributed by atoms with Crippen LogP contribution in [0.1, 0.15) is 36.2 Å². The second-order valence-electron chi connectivity index (χ2n) is 8.98. The predicted octanol–water partition coefficient (Wildman–Crippen LogP) is 4.88. The van der Waals surface area contributed by atoms with Gasteiger partial charge in [-0.2, -0.15) is 18.4 Å². The second kappa shape index (κ2) is 9.94. The Hall–Kier alpha value is -3.45. The summed E-state index contributed by atoms with van der Waals surface area (Å²) < 4.78 is 83.0. The number of halogens is 4. The summed E-state index contributed by atoms with van der Waals surface area (Å²) in [5, 5.41) is 8.87. The van der Waals surface area contributed by atoms with E-state index >= 15 is 4.39 Å². The summed E-state index contributed by atoms with van der Waals surface area (Å²) in [6.45, 7) is 4.13. The van der Waals surface area contributed by atoms with Gasteiger partial charge < -0.3 is 4.90 Å². The van der Waals surface area contributed by atoms with Crippen molar-refractivity contribution < 1.29 is 30.8 Å². The summed E-state index contributed by atoms with van der Waals surface area (Å²) in [5.74, 6) is -1.46. The predicted molar refractivity (Wildman–Crippen MR) is 140 cm³/mol. The van der Waals surface area contributed by atoms with Crippen molar-refractivity contribution in [2.24, 2.45) is 0 Å². The van der Waals surface area contributed by atoms with Crippen LogP contribution in [0.15, 0.2) is 46.1 Å². The molecule has 15 heteroatoms. The quantitative estimate of drug-likeness (QED) is 0.319. The Balaban J connectivity index is 1.64. The molecule has 0 spiro atoms. The van der Waals surface area contributed by atoms with Gasteiger partial charge in [-0.05, 0) is 63.3 Å². The number of alkyl halides is 3. The fraction of sp³-hybridized carbons (Fsp3) is 0.250. The highest BCUT2D eigenvalue weighted by Crippen LogP contribution is 2.40. The zero-order chi connectivity index (χ0) is 28.9. The number of benzene rings is 2. The molecule has 4 rings (SSSR count). The van der Waals surface area contributed by atoms with Gasteiger partial charge >= 0.3 is 6.18 Å². The van der Waals surface area contributed by atoms with Crippen molar-refractivity contribution in [1.29, 1.82) is 5.26 Å². The van der Waals surface area contributed by atoms with Gasteiger partial charge in [-0.3, -0.25) is 9.69 Å². The summed E-state index contributed by atoms with van der Waals surface area (Å²) in [5.41, 5.74) is -1.61. The smallest absolute Gasteiger partial charge is 0.303 e. The van der Waals surface area contributed by atoms with Gasteiger partial charge in [0.2, 0.25) is 0 Å². The van der Waals surface area contributed by atoms with Crippen LogP contribution in [-0.2, 0) is 27.5 Å². The molecule has 0 saturated carbocycles. The third-order valence-electron chi connectivity index (χ3n) is 6.05. The molecule has 2 aromatic carbocycles. The summed E-state index contributed by atoms with van der Waals surface area (Å²) in [7, 11) is -3.92. The second-order valence-corrected chi connectivity index (χ2v) is 12.2. The molecule has 0 radical (unpaired) electrons. The van der Waals surface area contributed by atoms with Crippen LogP contribution in [0.4, 0.5) is 28.9 Å². The molecule has 0 aliphatic carbocycles. The minimum Gasteiger partial charge on any atom is -0.303 e. The largest absolute Gasteiger partial charge is 0.417 e. The molecule has 39 heavy (non-hydrogen) atoms. The fourth-order valence-electron chi connectivity index (χ4n) is 4.07.